The number of benzene rings is 3. The summed E-state index contributed by atoms with van der Waals surface area (Å²) in [6.45, 7) is 3.44. The zero-order valence-electron chi connectivity index (χ0n) is 15.0. The lowest BCUT2D eigenvalue weighted by atomic mass is 10.1. The van der Waals surface area contributed by atoms with E-state index >= 15 is 0 Å². The normalized spacial score (nSPS) is 11.7. The second-order valence-electron chi connectivity index (χ2n) is 6.83. The fourth-order valence-electron chi connectivity index (χ4n) is 2.93. The van der Waals surface area contributed by atoms with E-state index in [-0.39, 0.29) is 5.91 Å². The molecule has 0 atom stereocenters. The predicted molar refractivity (Wildman–Crippen MR) is 109 cm³/mol. The average Bonchev–Trinajstić information content (AvgIpc) is 3.01. The van der Waals surface area contributed by atoms with Gasteiger partial charge < -0.3 is 14.5 Å². The molecule has 0 aliphatic carbocycles. The van der Waals surface area contributed by atoms with Gasteiger partial charge in [0.25, 0.3) is 5.91 Å². The van der Waals surface area contributed by atoms with Gasteiger partial charge in [-0.25, -0.2) is 0 Å². The highest BCUT2D eigenvalue weighted by molar-refractivity contribution is 6.30. The van der Waals surface area contributed by atoms with Gasteiger partial charge in [-0.3, -0.25) is 4.79 Å². The predicted octanol–water partition coefficient (Wildman–Crippen LogP) is 6.04. The quantitative estimate of drug-likeness (QED) is 0.470. The second-order valence-corrected chi connectivity index (χ2v) is 7.27. The number of halogens is 1. The van der Waals surface area contributed by atoms with Crippen LogP contribution in [0.15, 0.2) is 71.1 Å². The second kappa shape index (κ2) is 6.63. The molecular formula is C22H18ClNO3. The third-order valence-electron chi connectivity index (χ3n) is 4.37. The summed E-state index contributed by atoms with van der Waals surface area (Å²) in [6.07, 6.45) is 0. The highest BCUT2D eigenvalue weighted by atomic mass is 35.5. The van der Waals surface area contributed by atoms with Crippen LogP contribution >= 0.6 is 11.6 Å². The first kappa shape index (κ1) is 17.4. The van der Waals surface area contributed by atoms with E-state index in [2.05, 4.69) is 5.32 Å². The van der Waals surface area contributed by atoms with Crippen LogP contribution < -0.4 is 10.1 Å². The van der Waals surface area contributed by atoms with Crippen molar-refractivity contribution in [3.8, 4) is 5.75 Å². The van der Waals surface area contributed by atoms with Gasteiger partial charge in [0, 0.05) is 27.5 Å². The fraction of sp³-hybridized carbons (Fsp3) is 0.136. The Labute approximate surface area is 161 Å². The van der Waals surface area contributed by atoms with Gasteiger partial charge in [0.1, 0.15) is 16.9 Å². The van der Waals surface area contributed by atoms with Gasteiger partial charge in [-0.05, 0) is 56.3 Å². The van der Waals surface area contributed by atoms with E-state index < -0.39 is 5.60 Å². The molecule has 5 heteroatoms. The number of para-hydroxylation sites is 1. The van der Waals surface area contributed by atoms with Crippen LogP contribution in [0.4, 0.5) is 5.69 Å². The van der Waals surface area contributed by atoms with Crippen molar-refractivity contribution in [2.75, 3.05) is 5.32 Å². The average molecular weight is 380 g/mol. The lowest BCUT2D eigenvalue weighted by Gasteiger charge is -2.25. The largest absolute Gasteiger partial charge is 0.478 e. The van der Waals surface area contributed by atoms with Crippen LogP contribution in [0.5, 0.6) is 5.75 Å². The Balaban J connectivity index is 1.56. The standard InChI is InChI=1S/C22H18ClNO3/c1-22(2,27-16-10-7-14(23)8-11-16)21(25)24-15-9-12-18-17-5-3-4-6-19(17)26-20(18)13-15/h3-13H,1-2H3,(H,24,25). The van der Waals surface area contributed by atoms with Gasteiger partial charge in [0.05, 0.1) is 0 Å². The molecule has 0 saturated heterocycles. The maximum absolute atomic E-state index is 12.7. The molecular weight excluding hydrogens is 362 g/mol. The van der Waals surface area contributed by atoms with Crippen molar-refractivity contribution in [3.05, 3.63) is 71.8 Å². The molecule has 3 aromatic carbocycles. The number of fused-ring (bicyclic) bond motifs is 3. The SMILES string of the molecule is CC(C)(Oc1ccc(Cl)cc1)C(=O)Nc1ccc2c(c1)oc1ccccc12. The molecule has 0 radical (unpaired) electrons. The summed E-state index contributed by atoms with van der Waals surface area (Å²) in [5.41, 5.74) is 1.14. The number of carbonyl (C=O) groups is 1. The fourth-order valence-corrected chi connectivity index (χ4v) is 3.05. The molecule has 136 valence electrons. The highest BCUT2D eigenvalue weighted by Gasteiger charge is 2.30. The van der Waals surface area contributed by atoms with Crippen LogP contribution in [0.2, 0.25) is 5.02 Å². The monoisotopic (exact) mass is 379 g/mol. The molecule has 4 aromatic rings. The number of rotatable bonds is 4. The maximum Gasteiger partial charge on any atom is 0.267 e. The van der Waals surface area contributed by atoms with Crippen LogP contribution in [0.1, 0.15) is 13.8 Å². The van der Waals surface area contributed by atoms with Gasteiger partial charge >= 0.3 is 0 Å². The van der Waals surface area contributed by atoms with E-state index in [0.29, 0.717) is 16.5 Å². The van der Waals surface area contributed by atoms with Gasteiger partial charge in [-0.2, -0.15) is 0 Å². The van der Waals surface area contributed by atoms with Crippen molar-refractivity contribution in [2.45, 2.75) is 19.4 Å². The Bertz CT molecular complexity index is 1130. The van der Waals surface area contributed by atoms with Gasteiger partial charge in [-0.15, -0.1) is 0 Å². The molecule has 4 nitrogen and oxygen atoms in total. The minimum Gasteiger partial charge on any atom is -0.478 e. The molecule has 0 unspecified atom stereocenters. The van der Waals surface area contributed by atoms with Crippen molar-refractivity contribution < 1.29 is 13.9 Å². The number of nitrogens with one attached hydrogen (secondary N) is 1. The van der Waals surface area contributed by atoms with Crippen molar-refractivity contribution in [3.63, 3.8) is 0 Å². The van der Waals surface area contributed by atoms with E-state index in [0.717, 1.165) is 21.9 Å². The van der Waals surface area contributed by atoms with Crippen LogP contribution in [0, 0.1) is 0 Å². The van der Waals surface area contributed by atoms with Crippen molar-refractivity contribution in [2.24, 2.45) is 0 Å². The molecule has 0 bridgehead atoms. The van der Waals surface area contributed by atoms with Crippen LogP contribution in [-0.2, 0) is 4.79 Å². The summed E-state index contributed by atoms with van der Waals surface area (Å²) in [6, 6.07) is 20.4. The molecule has 0 saturated carbocycles. The van der Waals surface area contributed by atoms with Crippen LogP contribution in [0.3, 0.4) is 0 Å². The van der Waals surface area contributed by atoms with Crippen molar-refractivity contribution in [1.29, 1.82) is 0 Å². The van der Waals surface area contributed by atoms with E-state index in [4.69, 9.17) is 20.8 Å². The Hall–Kier alpha value is -2.98. The molecule has 1 aromatic heterocycles. The number of hydrogen-bond acceptors (Lipinski definition) is 3. The number of carbonyl (C=O) groups excluding carboxylic acids is 1. The zero-order chi connectivity index (χ0) is 19.0. The molecule has 0 spiro atoms. The first-order valence-corrected chi connectivity index (χ1v) is 8.97. The molecule has 0 aliphatic rings. The lowest BCUT2D eigenvalue weighted by molar-refractivity contribution is -0.128. The summed E-state index contributed by atoms with van der Waals surface area (Å²) < 4.78 is 11.7. The Morgan fingerprint density at radius 2 is 1.67 bits per heavy atom. The maximum atomic E-state index is 12.7. The molecule has 4 rings (SSSR count). The zero-order valence-corrected chi connectivity index (χ0v) is 15.7. The summed E-state index contributed by atoms with van der Waals surface area (Å²) >= 11 is 5.89. The molecule has 0 fully saturated rings. The minimum atomic E-state index is -1.06. The van der Waals surface area contributed by atoms with E-state index in [1.165, 1.54) is 0 Å². The van der Waals surface area contributed by atoms with Crippen molar-refractivity contribution >= 4 is 45.1 Å². The Morgan fingerprint density at radius 3 is 2.44 bits per heavy atom. The first-order chi connectivity index (χ1) is 12.9. The molecule has 1 amide bonds. The van der Waals surface area contributed by atoms with Crippen LogP contribution in [-0.4, -0.2) is 11.5 Å². The number of hydrogen-bond donors (Lipinski definition) is 1. The highest BCUT2D eigenvalue weighted by Crippen LogP contribution is 2.30. The van der Waals surface area contributed by atoms with Crippen LogP contribution in [0.25, 0.3) is 21.9 Å². The summed E-state index contributed by atoms with van der Waals surface area (Å²) in [5, 5.41) is 5.58. The Morgan fingerprint density at radius 1 is 0.963 bits per heavy atom. The molecule has 1 heterocycles. The van der Waals surface area contributed by atoms with E-state index in [1.807, 2.05) is 42.5 Å². The minimum absolute atomic E-state index is 0.257. The summed E-state index contributed by atoms with van der Waals surface area (Å²) in [5.74, 6) is 0.320. The third-order valence-corrected chi connectivity index (χ3v) is 4.62. The van der Waals surface area contributed by atoms with E-state index in [9.17, 15) is 4.79 Å². The summed E-state index contributed by atoms with van der Waals surface area (Å²) in [4.78, 5) is 12.7. The number of amides is 1. The number of furan rings is 1. The van der Waals surface area contributed by atoms with Gasteiger partial charge in [0.2, 0.25) is 0 Å². The number of ether oxygens (including phenoxy) is 1. The van der Waals surface area contributed by atoms with Gasteiger partial charge in [0.15, 0.2) is 5.60 Å². The number of anilines is 1. The topological polar surface area (TPSA) is 51.5 Å². The third kappa shape index (κ3) is 3.49. The van der Waals surface area contributed by atoms with E-state index in [1.54, 1.807) is 38.1 Å². The van der Waals surface area contributed by atoms with Crippen molar-refractivity contribution in [1.82, 2.24) is 0 Å². The molecule has 1 N–H and O–H groups in total. The van der Waals surface area contributed by atoms with Gasteiger partial charge in [-0.1, -0.05) is 29.8 Å². The summed E-state index contributed by atoms with van der Waals surface area (Å²) in [7, 11) is 0. The lowest BCUT2D eigenvalue weighted by Crippen LogP contribution is -2.42. The molecule has 27 heavy (non-hydrogen) atoms. The first-order valence-electron chi connectivity index (χ1n) is 8.60. The Kier molecular flexibility index (Phi) is 4.28. The smallest absolute Gasteiger partial charge is 0.267 e. The molecule has 0 aliphatic heterocycles.